The summed E-state index contributed by atoms with van der Waals surface area (Å²) < 4.78 is 0.935. The highest BCUT2D eigenvalue weighted by Gasteiger charge is 2.15. The molecule has 0 fully saturated rings. The SMILES string of the molecule is CC(C)(O)c1ccc(CNC(=O)c2ccccc2I)cc1. The minimum absolute atomic E-state index is 0.0773. The maximum atomic E-state index is 12.1. The first-order valence-corrected chi connectivity index (χ1v) is 7.80. The molecule has 2 aromatic carbocycles. The monoisotopic (exact) mass is 395 g/mol. The average Bonchev–Trinajstić information content (AvgIpc) is 2.45. The first-order valence-electron chi connectivity index (χ1n) is 6.72. The number of nitrogens with one attached hydrogen (secondary N) is 1. The molecule has 3 nitrogen and oxygen atoms in total. The number of hydrogen-bond donors (Lipinski definition) is 2. The summed E-state index contributed by atoms with van der Waals surface area (Å²) in [5.41, 5.74) is 1.70. The van der Waals surface area contributed by atoms with Gasteiger partial charge >= 0.3 is 0 Å². The number of amides is 1. The molecule has 0 atom stereocenters. The highest BCUT2D eigenvalue weighted by atomic mass is 127. The van der Waals surface area contributed by atoms with Crippen molar-refractivity contribution in [1.82, 2.24) is 5.32 Å². The summed E-state index contributed by atoms with van der Waals surface area (Å²) in [4.78, 5) is 12.1. The van der Waals surface area contributed by atoms with Gasteiger partial charge in [-0.3, -0.25) is 4.79 Å². The molecule has 0 saturated heterocycles. The molecule has 0 bridgehead atoms. The Balaban J connectivity index is 2.00. The molecule has 2 N–H and O–H groups in total. The third-order valence-electron chi connectivity index (χ3n) is 3.23. The molecule has 0 unspecified atom stereocenters. The largest absolute Gasteiger partial charge is 0.386 e. The lowest BCUT2D eigenvalue weighted by atomic mass is 9.97. The predicted octanol–water partition coefficient (Wildman–Crippen LogP) is 3.45. The van der Waals surface area contributed by atoms with Crippen LogP contribution >= 0.6 is 22.6 Å². The van der Waals surface area contributed by atoms with Gasteiger partial charge in [-0.05, 0) is 59.7 Å². The molecule has 2 rings (SSSR count). The number of halogens is 1. The maximum Gasteiger partial charge on any atom is 0.252 e. The Labute approximate surface area is 138 Å². The van der Waals surface area contributed by atoms with E-state index in [1.165, 1.54) is 0 Å². The summed E-state index contributed by atoms with van der Waals surface area (Å²) in [6, 6.07) is 15.1. The van der Waals surface area contributed by atoms with E-state index in [4.69, 9.17) is 0 Å². The third kappa shape index (κ3) is 4.28. The smallest absolute Gasteiger partial charge is 0.252 e. The van der Waals surface area contributed by atoms with Crippen LogP contribution in [0.1, 0.15) is 35.3 Å². The minimum atomic E-state index is -0.845. The molecule has 0 saturated carbocycles. The van der Waals surface area contributed by atoms with Gasteiger partial charge < -0.3 is 10.4 Å². The summed E-state index contributed by atoms with van der Waals surface area (Å²) in [6.45, 7) is 3.97. The van der Waals surface area contributed by atoms with Crippen molar-refractivity contribution in [3.05, 3.63) is 68.8 Å². The average molecular weight is 395 g/mol. The number of benzene rings is 2. The van der Waals surface area contributed by atoms with Crippen LogP contribution in [0.25, 0.3) is 0 Å². The fourth-order valence-electron chi connectivity index (χ4n) is 1.95. The predicted molar refractivity (Wildman–Crippen MR) is 92.0 cm³/mol. The van der Waals surface area contributed by atoms with Crippen LogP contribution in [0.2, 0.25) is 0 Å². The maximum absolute atomic E-state index is 12.1. The molecule has 0 radical (unpaired) electrons. The first-order chi connectivity index (χ1) is 9.88. The summed E-state index contributed by atoms with van der Waals surface area (Å²) in [6.07, 6.45) is 0. The van der Waals surface area contributed by atoms with E-state index in [2.05, 4.69) is 27.9 Å². The van der Waals surface area contributed by atoms with Crippen molar-refractivity contribution in [3.63, 3.8) is 0 Å². The van der Waals surface area contributed by atoms with Crippen molar-refractivity contribution < 1.29 is 9.90 Å². The van der Waals surface area contributed by atoms with Crippen LogP contribution in [0, 0.1) is 3.57 Å². The number of rotatable bonds is 4. The molecule has 0 aliphatic heterocycles. The van der Waals surface area contributed by atoms with Gasteiger partial charge in [-0.25, -0.2) is 0 Å². The lowest BCUT2D eigenvalue weighted by molar-refractivity contribution is 0.0785. The Hall–Kier alpha value is -1.40. The van der Waals surface area contributed by atoms with Crippen LogP contribution in [0.3, 0.4) is 0 Å². The van der Waals surface area contributed by atoms with E-state index in [1.54, 1.807) is 13.8 Å². The number of aliphatic hydroxyl groups is 1. The molecule has 110 valence electrons. The van der Waals surface area contributed by atoms with Gasteiger partial charge in [0.25, 0.3) is 5.91 Å². The first kappa shape index (κ1) is 16.0. The van der Waals surface area contributed by atoms with Crippen molar-refractivity contribution >= 4 is 28.5 Å². The molecule has 0 aromatic heterocycles. The molecule has 0 heterocycles. The standard InChI is InChI=1S/C17H18INO2/c1-17(2,21)13-9-7-12(8-10-13)11-19-16(20)14-5-3-4-6-15(14)18/h3-10,21H,11H2,1-2H3,(H,19,20). The van der Waals surface area contributed by atoms with E-state index in [9.17, 15) is 9.90 Å². The highest BCUT2D eigenvalue weighted by molar-refractivity contribution is 14.1. The highest BCUT2D eigenvalue weighted by Crippen LogP contribution is 2.19. The molecular weight excluding hydrogens is 377 g/mol. The summed E-state index contributed by atoms with van der Waals surface area (Å²) in [5, 5.41) is 12.8. The van der Waals surface area contributed by atoms with Gasteiger partial charge in [-0.2, -0.15) is 0 Å². The number of carbonyl (C=O) groups excluding carboxylic acids is 1. The Morgan fingerprint density at radius 2 is 1.76 bits per heavy atom. The van der Waals surface area contributed by atoms with E-state index in [0.717, 1.165) is 14.7 Å². The summed E-state index contributed by atoms with van der Waals surface area (Å²) >= 11 is 2.15. The summed E-state index contributed by atoms with van der Waals surface area (Å²) in [5.74, 6) is -0.0773. The Kier molecular flexibility index (Phi) is 5.00. The second kappa shape index (κ2) is 6.58. The zero-order chi connectivity index (χ0) is 15.5. The topological polar surface area (TPSA) is 49.3 Å². The molecule has 0 aliphatic carbocycles. The van der Waals surface area contributed by atoms with Crippen molar-refractivity contribution in [2.75, 3.05) is 0 Å². The lowest BCUT2D eigenvalue weighted by Gasteiger charge is -2.18. The zero-order valence-electron chi connectivity index (χ0n) is 12.1. The molecule has 21 heavy (non-hydrogen) atoms. The van der Waals surface area contributed by atoms with Gasteiger partial charge in [0.05, 0.1) is 11.2 Å². The van der Waals surface area contributed by atoms with Crippen molar-refractivity contribution in [2.24, 2.45) is 0 Å². The van der Waals surface area contributed by atoms with E-state index in [-0.39, 0.29) is 5.91 Å². The van der Waals surface area contributed by atoms with Crippen molar-refractivity contribution in [3.8, 4) is 0 Å². The quantitative estimate of drug-likeness (QED) is 0.780. The zero-order valence-corrected chi connectivity index (χ0v) is 14.2. The second-order valence-corrected chi connectivity index (χ2v) is 6.58. The van der Waals surface area contributed by atoms with Crippen LogP contribution < -0.4 is 5.32 Å². The van der Waals surface area contributed by atoms with E-state index in [0.29, 0.717) is 12.1 Å². The number of hydrogen-bond acceptors (Lipinski definition) is 2. The fourth-order valence-corrected chi connectivity index (χ4v) is 2.59. The fraction of sp³-hybridized carbons (Fsp3) is 0.235. The van der Waals surface area contributed by atoms with Crippen molar-refractivity contribution in [2.45, 2.75) is 26.0 Å². The lowest BCUT2D eigenvalue weighted by Crippen LogP contribution is -2.23. The van der Waals surface area contributed by atoms with Crippen LogP contribution in [-0.2, 0) is 12.1 Å². The molecule has 1 amide bonds. The Morgan fingerprint density at radius 1 is 1.14 bits per heavy atom. The van der Waals surface area contributed by atoms with Crippen LogP contribution in [0.5, 0.6) is 0 Å². The third-order valence-corrected chi connectivity index (χ3v) is 4.17. The number of carbonyl (C=O) groups is 1. The molecule has 0 spiro atoms. The van der Waals surface area contributed by atoms with E-state index in [1.807, 2.05) is 48.5 Å². The van der Waals surface area contributed by atoms with E-state index >= 15 is 0 Å². The van der Waals surface area contributed by atoms with E-state index < -0.39 is 5.60 Å². The molecule has 0 aliphatic rings. The van der Waals surface area contributed by atoms with Gasteiger partial charge in [-0.15, -0.1) is 0 Å². The van der Waals surface area contributed by atoms with Crippen LogP contribution in [0.4, 0.5) is 0 Å². The van der Waals surface area contributed by atoms with Gasteiger partial charge in [0.2, 0.25) is 0 Å². The van der Waals surface area contributed by atoms with Crippen molar-refractivity contribution in [1.29, 1.82) is 0 Å². The van der Waals surface area contributed by atoms with Gasteiger partial charge in [0.1, 0.15) is 0 Å². The van der Waals surface area contributed by atoms with Gasteiger partial charge in [-0.1, -0.05) is 36.4 Å². The minimum Gasteiger partial charge on any atom is -0.386 e. The Morgan fingerprint density at radius 3 is 2.33 bits per heavy atom. The normalized spacial score (nSPS) is 11.2. The van der Waals surface area contributed by atoms with Gasteiger partial charge in [0.15, 0.2) is 0 Å². The van der Waals surface area contributed by atoms with Crippen LogP contribution in [-0.4, -0.2) is 11.0 Å². The summed E-state index contributed by atoms with van der Waals surface area (Å²) in [7, 11) is 0. The molecule has 2 aromatic rings. The molecular formula is C17H18INO2. The van der Waals surface area contributed by atoms with Crippen LogP contribution in [0.15, 0.2) is 48.5 Å². The van der Waals surface area contributed by atoms with Gasteiger partial charge in [0, 0.05) is 10.1 Å². The molecule has 4 heteroatoms. The second-order valence-electron chi connectivity index (χ2n) is 5.42. The Bertz CT molecular complexity index is 630.